The molecule has 15 heavy (non-hydrogen) atoms. The van der Waals surface area contributed by atoms with Crippen molar-refractivity contribution in [2.24, 2.45) is 0 Å². The van der Waals surface area contributed by atoms with Crippen molar-refractivity contribution < 1.29 is 13.2 Å². The van der Waals surface area contributed by atoms with Crippen LogP contribution in [0.1, 0.15) is 13.8 Å². The standard InChI is InChI=1S/C9H20N2O3S/c1-8(2)15(13,14)6-5-10-7-9(12)11(3)4/h8,10H,5-7H2,1-4H3. The minimum atomic E-state index is -3.00. The van der Waals surface area contributed by atoms with Crippen LogP contribution in [0.5, 0.6) is 0 Å². The molecule has 0 aromatic carbocycles. The zero-order valence-electron chi connectivity index (χ0n) is 9.78. The third-order valence-corrected chi connectivity index (χ3v) is 4.27. The van der Waals surface area contributed by atoms with Gasteiger partial charge in [0.1, 0.15) is 0 Å². The summed E-state index contributed by atoms with van der Waals surface area (Å²) >= 11 is 0. The van der Waals surface area contributed by atoms with Gasteiger partial charge in [0.25, 0.3) is 0 Å². The molecule has 0 aliphatic carbocycles. The van der Waals surface area contributed by atoms with E-state index in [0.29, 0.717) is 6.54 Å². The number of nitrogens with one attached hydrogen (secondary N) is 1. The smallest absolute Gasteiger partial charge is 0.236 e. The summed E-state index contributed by atoms with van der Waals surface area (Å²) < 4.78 is 22.7. The Morgan fingerprint density at radius 1 is 1.33 bits per heavy atom. The Morgan fingerprint density at radius 2 is 1.87 bits per heavy atom. The van der Waals surface area contributed by atoms with E-state index in [9.17, 15) is 13.2 Å². The average Bonchev–Trinajstić information content (AvgIpc) is 2.11. The predicted molar refractivity (Wildman–Crippen MR) is 60.5 cm³/mol. The first-order chi connectivity index (χ1) is 6.77. The largest absolute Gasteiger partial charge is 0.348 e. The van der Waals surface area contributed by atoms with Crippen LogP contribution in [-0.2, 0) is 14.6 Å². The predicted octanol–water partition coefficient (Wildman–Crippen LogP) is -0.513. The normalized spacial score (nSPS) is 11.8. The molecule has 5 nitrogen and oxygen atoms in total. The fraction of sp³-hybridized carbons (Fsp3) is 0.889. The van der Waals surface area contributed by atoms with Crippen molar-refractivity contribution in [2.75, 3.05) is 32.9 Å². The number of carbonyl (C=O) groups excluding carboxylic acids is 1. The van der Waals surface area contributed by atoms with E-state index >= 15 is 0 Å². The van der Waals surface area contributed by atoms with Gasteiger partial charge < -0.3 is 10.2 Å². The van der Waals surface area contributed by atoms with Gasteiger partial charge in [0.05, 0.1) is 17.5 Å². The van der Waals surface area contributed by atoms with Crippen molar-refractivity contribution in [3.8, 4) is 0 Å². The molecule has 1 amide bonds. The molecule has 1 N–H and O–H groups in total. The van der Waals surface area contributed by atoms with Gasteiger partial charge in [-0.25, -0.2) is 8.42 Å². The van der Waals surface area contributed by atoms with E-state index in [1.54, 1.807) is 27.9 Å². The van der Waals surface area contributed by atoms with Crippen molar-refractivity contribution in [1.29, 1.82) is 0 Å². The second-order valence-electron chi connectivity index (χ2n) is 3.88. The van der Waals surface area contributed by atoms with Gasteiger partial charge in [0, 0.05) is 20.6 Å². The van der Waals surface area contributed by atoms with E-state index < -0.39 is 9.84 Å². The highest BCUT2D eigenvalue weighted by molar-refractivity contribution is 7.92. The van der Waals surface area contributed by atoms with E-state index in [0.717, 1.165) is 0 Å². The quantitative estimate of drug-likeness (QED) is 0.631. The molecule has 6 heteroatoms. The molecule has 90 valence electrons. The first kappa shape index (κ1) is 14.4. The highest BCUT2D eigenvalue weighted by atomic mass is 32.2. The van der Waals surface area contributed by atoms with E-state index in [1.165, 1.54) is 4.90 Å². The van der Waals surface area contributed by atoms with E-state index in [-0.39, 0.29) is 23.5 Å². The zero-order valence-corrected chi connectivity index (χ0v) is 10.6. The summed E-state index contributed by atoms with van der Waals surface area (Å²) in [6.45, 7) is 3.81. The van der Waals surface area contributed by atoms with Crippen LogP contribution in [0.4, 0.5) is 0 Å². The lowest BCUT2D eigenvalue weighted by Gasteiger charge is -2.11. The van der Waals surface area contributed by atoms with Gasteiger partial charge >= 0.3 is 0 Å². The fourth-order valence-electron chi connectivity index (χ4n) is 0.804. The third kappa shape index (κ3) is 5.74. The fourth-order valence-corrected chi connectivity index (χ4v) is 1.70. The monoisotopic (exact) mass is 236 g/mol. The van der Waals surface area contributed by atoms with Gasteiger partial charge in [-0.3, -0.25) is 4.79 Å². The summed E-state index contributed by atoms with van der Waals surface area (Å²) in [5, 5.41) is 2.45. The molecular weight excluding hydrogens is 216 g/mol. The van der Waals surface area contributed by atoms with Crippen LogP contribution in [0.3, 0.4) is 0 Å². The Morgan fingerprint density at radius 3 is 2.27 bits per heavy atom. The summed E-state index contributed by atoms with van der Waals surface area (Å²) in [7, 11) is 0.319. The maximum Gasteiger partial charge on any atom is 0.236 e. The summed E-state index contributed by atoms with van der Waals surface area (Å²) in [4.78, 5) is 12.6. The van der Waals surface area contributed by atoms with E-state index in [1.807, 2.05) is 0 Å². The van der Waals surface area contributed by atoms with Crippen LogP contribution >= 0.6 is 0 Å². The molecular formula is C9H20N2O3S. The third-order valence-electron chi connectivity index (χ3n) is 2.06. The molecule has 0 saturated carbocycles. The van der Waals surface area contributed by atoms with Crippen molar-refractivity contribution in [1.82, 2.24) is 10.2 Å². The molecule has 0 aromatic heterocycles. The number of sulfone groups is 1. The van der Waals surface area contributed by atoms with Crippen LogP contribution < -0.4 is 5.32 Å². The van der Waals surface area contributed by atoms with Crippen LogP contribution in [0.25, 0.3) is 0 Å². The second kappa shape index (κ2) is 6.07. The van der Waals surface area contributed by atoms with Crippen molar-refractivity contribution in [2.45, 2.75) is 19.1 Å². The van der Waals surface area contributed by atoms with Gasteiger partial charge in [-0.2, -0.15) is 0 Å². The minimum absolute atomic E-state index is 0.0584. The Labute approximate surface area is 91.8 Å². The van der Waals surface area contributed by atoms with E-state index in [4.69, 9.17) is 0 Å². The molecule has 0 atom stereocenters. The molecule has 0 unspecified atom stereocenters. The summed E-state index contributed by atoms with van der Waals surface area (Å²) in [6, 6.07) is 0. The van der Waals surface area contributed by atoms with Crippen molar-refractivity contribution >= 4 is 15.7 Å². The highest BCUT2D eigenvalue weighted by Gasteiger charge is 2.15. The molecule has 0 rings (SSSR count). The maximum atomic E-state index is 11.4. The number of hydrogen-bond acceptors (Lipinski definition) is 4. The van der Waals surface area contributed by atoms with E-state index in [2.05, 4.69) is 5.32 Å². The molecule has 0 saturated heterocycles. The lowest BCUT2D eigenvalue weighted by molar-refractivity contribution is -0.127. The van der Waals surface area contributed by atoms with Gasteiger partial charge in [0.15, 0.2) is 9.84 Å². The van der Waals surface area contributed by atoms with Crippen molar-refractivity contribution in [3.63, 3.8) is 0 Å². The Balaban J connectivity index is 3.78. The number of nitrogens with zero attached hydrogens (tertiary/aromatic N) is 1. The Hall–Kier alpha value is -0.620. The second-order valence-corrected chi connectivity index (χ2v) is 6.56. The molecule has 0 fully saturated rings. The molecule has 0 aliphatic rings. The number of likely N-dealkylation sites (N-methyl/N-ethyl adjacent to an activating group) is 1. The molecule has 0 radical (unpaired) electrons. The Kier molecular flexibility index (Phi) is 5.82. The number of carbonyl (C=O) groups is 1. The molecule has 0 bridgehead atoms. The Bertz CT molecular complexity index is 296. The van der Waals surface area contributed by atoms with Crippen LogP contribution in [0.2, 0.25) is 0 Å². The highest BCUT2D eigenvalue weighted by Crippen LogP contribution is 1.98. The van der Waals surface area contributed by atoms with Gasteiger partial charge in [-0.1, -0.05) is 0 Å². The summed E-state index contributed by atoms with van der Waals surface area (Å²) in [5.41, 5.74) is 0. The summed E-state index contributed by atoms with van der Waals surface area (Å²) in [6.07, 6.45) is 0. The average molecular weight is 236 g/mol. The van der Waals surface area contributed by atoms with Crippen LogP contribution in [-0.4, -0.2) is 57.4 Å². The number of hydrogen-bond donors (Lipinski definition) is 1. The van der Waals surface area contributed by atoms with Crippen LogP contribution in [0, 0.1) is 0 Å². The molecule has 0 aliphatic heterocycles. The van der Waals surface area contributed by atoms with Crippen molar-refractivity contribution in [3.05, 3.63) is 0 Å². The summed E-state index contributed by atoms with van der Waals surface area (Å²) in [5.74, 6) is 0.0164. The van der Waals surface area contributed by atoms with Gasteiger partial charge in [0.2, 0.25) is 5.91 Å². The topological polar surface area (TPSA) is 66.5 Å². The molecule has 0 heterocycles. The lowest BCUT2D eigenvalue weighted by Crippen LogP contribution is -2.35. The number of rotatable bonds is 6. The molecule has 0 aromatic rings. The SMILES string of the molecule is CC(C)S(=O)(=O)CCNCC(=O)N(C)C. The first-order valence-electron chi connectivity index (χ1n) is 4.90. The zero-order chi connectivity index (χ0) is 12.1. The minimum Gasteiger partial charge on any atom is -0.348 e. The lowest BCUT2D eigenvalue weighted by atomic mass is 10.5. The van der Waals surface area contributed by atoms with Crippen LogP contribution in [0.15, 0.2) is 0 Å². The maximum absolute atomic E-state index is 11.4. The molecule has 0 spiro atoms. The van der Waals surface area contributed by atoms with Gasteiger partial charge in [-0.05, 0) is 13.8 Å². The number of amides is 1. The van der Waals surface area contributed by atoms with Gasteiger partial charge in [-0.15, -0.1) is 0 Å². The first-order valence-corrected chi connectivity index (χ1v) is 6.61.